The molecule has 88 valence electrons. The zero-order valence-electron chi connectivity index (χ0n) is 9.37. The summed E-state index contributed by atoms with van der Waals surface area (Å²) >= 11 is 0. The number of carbonyl (C=O) groups excluding carboxylic acids is 1. The Kier molecular flexibility index (Phi) is 4.92. The molecule has 1 aromatic rings. The zero-order valence-corrected chi connectivity index (χ0v) is 9.37. The van der Waals surface area contributed by atoms with E-state index in [0.717, 1.165) is 12.0 Å². The number of nitrogens with two attached hydrogens (primary N) is 1. The van der Waals surface area contributed by atoms with Gasteiger partial charge in [0.05, 0.1) is 0 Å². The molecule has 4 heteroatoms. The summed E-state index contributed by atoms with van der Waals surface area (Å²) in [6, 6.07) is 6.54. The van der Waals surface area contributed by atoms with Gasteiger partial charge in [0.1, 0.15) is 5.82 Å². The summed E-state index contributed by atoms with van der Waals surface area (Å²) in [6.45, 7) is 2.52. The van der Waals surface area contributed by atoms with Crippen molar-refractivity contribution >= 4 is 5.91 Å². The second-order valence-corrected chi connectivity index (χ2v) is 3.69. The molecule has 1 rings (SSSR count). The minimum Gasteiger partial charge on any atom is -0.370 e. The summed E-state index contributed by atoms with van der Waals surface area (Å²) in [5.41, 5.74) is 5.94. The van der Waals surface area contributed by atoms with E-state index in [0.29, 0.717) is 13.0 Å². The third kappa shape index (κ3) is 3.98. The SMILES string of the molecule is CCC(NCCC(N)=O)c1cccc(F)c1. The van der Waals surface area contributed by atoms with Crippen LogP contribution in [0.5, 0.6) is 0 Å². The number of hydrogen-bond donors (Lipinski definition) is 2. The molecule has 1 aromatic carbocycles. The lowest BCUT2D eigenvalue weighted by Crippen LogP contribution is -2.25. The standard InChI is InChI=1S/C12H17FN2O/c1-2-11(15-7-6-12(14)16)9-4-3-5-10(13)8-9/h3-5,8,11,15H,2,6-7H2,1H3,(H2,14,16). The molecule has 1 unspecified atom stereocenters. The van der Waals surface area contributed by atoms with Crippen molar-refractivity contribution in [2.24, 2.45) is 5.73 Å². The average Bonchev–Trinajstić information content (AvgIpc) is 2.24. The van der Waals surface area contributed by atoms with Crippen LogP contribution in [0.1, 0.15) is 31.4 Å². The number of rotatable bonds is 6. The van der Waals surface area contributed by atoms with E-state index in [1.165, 1.54) is 12.1 Å². The van der Waals surface area contributed by atoms with E-state index in [1.807, 2.05) is 13.0 Å². The van der Waals surface area contributed by atoms with Crippen LogP contribution in [0.3, 0.4) is 0 Å². The van der Waals surface area contributed by atoms with Gasteiger partial charge in [-0.3, -0.25) is 4.79 Å². The van der Waals surface area contributed by atoms with Gasteiger partial charge in [-0.1, -0.05) is 19.1 Å². The van der Waals surface area contributed by atoms with Gasteiger partial charge in [0.15, 0.2) is 0 Å². The lowest BCUT2D eigenvalue weighted by molar-refractivity contribution is -0.117. The maximum atomic E-state index is 13.0. The first kappa shape index (κ1) is 12.6. The fraction of sp³-hybridized carbons (Fsp3) is 0.417. The molecule has 0 fully saturated rings. The Morgan fingerprint density at radius 2 is 2.31 bits per heavy atom. The predicted molar refractivity (Wildman–Crippen MR) is 61.2 cm³/mol. The van der Waals surface area contributed by atoms with Crippen LogP contribution in [0.15, 0.2) is 24.3 Å². The van der Waals surface area contributed by atoms with Gasteiger partial charge < -0.3 is 11.1 Å². The van der Waals surface area contributed by atoms with Crippen molar-refractivity contribution in [1.29, 1.82) is 0 Å². The molecule has 0 aromatic heterocycles. The highest BCUT2D eigenvalue weighted by atomic mass is 19.1. The Labute approximate surface area is 94.8 Å². The van der Waals surface area contributed by atoms with Gasteiger partial charge in [-0.15, -0.1) is 0 Å². The largest absolute Gasteiger partial charge is 0.370 e. The molecule has 1 amide bonds. The topological polar surface area (TPSA) is 55.1 Å². The fourth-order valence-electron chi connectivity index (χ4n) is 1.59. The molecule has 0 heterocycles. The van der Waals surface area contributed by atoms with Crippen LogP contribution < -0.4 is 11.1 Å². The number of amides is 1. The van der Waals surface area contributed by atoms with Gasteiger partial charge >= 0.3 is 0 Å². The minimum atomic E-state index is -0.332. The van der Waals surface area contributed by atoms with Gasteiger partial charge in [-0.05, 0) is 24.1 Å². The highest BCUT2D eigenvalue weighted by Gasteiger charge is 2.09. The van der Waals surface area contributed by atoms with Gasteiger partial charge in [0, 0.05) is 19.0 Å². The van der Waals surface area contributed by atoms with Gasteiger partial charge in [0.25, 0.3) is 0 Å². The van der Waals surface area contributed by atoms with Gasteiger partial charge in [-0.25, -0.2) is 4.39 Å². The molecule has 3 nitrogen and oxygen atoms in total. The summed E-state index contributed by atoms with van der Waals surface area (Å²) < 4.78 is 13.0. The zero-order chi connectivity index (χ0) is 12.0. The van der Waals surface area contributed by atoms with Crippen molar-refractivity contribution in [3.05, 3.63) is 35.6 Å². The van der Waals surface area contributed by atoms with E-state index >= 15 is 0 Å². The molecule has 3 N–H and O–H groups in total. The van der Waals surface area contributed by atoms with Crippen LogP contribution in [-0.2, 0) is 4.79 Å². The molecule has 0 aliphatic carbocycles. The maximum Gasteiger partial charge on any atom is 0.218 e. The van der Waals surface area contributed by atoms with E-state index in [2.05, 4.69) is 5.32 Å². The van der Waals surface area contributed by atoms with Gasteiger partial charge in [-0.2, -0.15) is 0 Å². The summed E-state index contributed by atoms with van der Waals surface area (Å²) in [4.78, 5) is 10.6. The number of halogens is 1. The lowest BCUT2D eigenvalue weighted by Gasteiger charge is -2.16. The van der Waals surface area contributed by atoms with Gasteiger partial charge in [0.2, 0.25) is 5.91 Å². The smallest absolute Gasteiger partial charge is 0.218 e. The molecule has 0 saturated heterocycles. The predicted octanol–water partition coefficient (Wildman–Crippen LogP) is 1.74. The van der Waals surface area contributed by atoms with Crippen LogP contribution in [0.25, 0.3) is 0 Å². The first-order valence-electron chi connectivity index (χ1n) is 5.40. The average molecular weight is 224 g/mol. The molecule has 0 bridgehead atoms. The van der Waals surface area contributed by atoms with Crippen molar-refractivity contribution in [3.8, 4) is 0 Å². The Bertz CT molecular complexity index is 355. The Balaban J connectivity index is 2.57. The monoisotopic (exact) mass is 224 g/mol. The highest BCUT2D eigenvalue weighted by molar-refractivity contribution is 5.73. The number of benzene rings is 1. The molecule has 0 aliphatic heterocycles. The fourth-order valence-corrected chi connectivity index (χ4v) is 1.59. The highest BCUT2D eigenvalue weighted by Crippen LogP contribution is 2.17. The van der Waals surface area contributed by atoms with Crippen LogP contribution >= 0.6 is 0 Å². The molecule has 0 saturated carbocycles. The van der Waals surface area contributed by atoms with Crippen molar-refractivity contribution in [2.45, 2.75) is 25.8 Å². The Morgan fingerprint density at radius 1 is 1.56 bits per heavy atom. The number of carbonyl (C=O) groups is 1. The molecule has 0 aliphatic rings. The molecule has 0 radical (unpaired) electrons. The van der Waals surface area contributed by atoms with Crippen molar-refractivity contribution in [1.82, 2.24) is 5.32 Å². The van der Waals surface area contributed by atoms with E-state index in [1.54, 1.807) is 6.07 Å². The van der Waals surface area contributed by atoms with Crippen LogP contribution in [-0.4, -0.2) is 12.5 Å². The quantitative estimate of drug-likeness (QED) is 0.773. The van der Waals surface area contributed by atoms with Crippen LogP contribution in [0, 0.1) is 5.82 Å². The third-order valence-corrected chi connectivity index (χ3v) is 2.42. The second kappa shape index (κ2) is 6.23. The van der Waals surface area contributed by atoms with E-state index in [-0.39, 0.29) is 17.8 Å². The second-order valence-electron chi connectivity index (χ2n) is 3.69. The van der Waals surface area contributed by atoms with E-state index in [9.17, 15) is 9.18 Å². The van der Waals surface area contributed by atoms with E-state index in [4.69, 9.17) is 5.73 Å². The number of primary amides is 1. The summed E-state index contributed by atoms with van der Waals surface area (Å²) in [5.74, 6) is -0.575. The molecular weight excluding hydrogens is 207 g/mol. The summed E-state index contributed by atoms with van der Waals surface area (Å²) in [7, 11) is 0. The van der Waals surface area contributed by atoms with E-state index < -0.39 is 0 Å². The minimum absolute atomic E-state index is 0.0649. The Hall–Kier alpha value is -1.42. The third-order valence-electron chi connectivity index (χ3n) is 2.42. The molecule has 16 heavy (non-hydrogen) atoms. The first-order valence-corrected chi connectivity index (χ1v) is 5.40. The van der Waals surface area contributed by atoms with Crippen molar-refractivity contribution in [3.63, 3.8) is 0 Å². The Morgan fingerprint density at radius 3 is 2.88 bits per heavy atom. The first-order chi connectivity index (χ1) is 7.63. The number of nitrogens with one attached hydrogen (secondary N) is 1. The lowest BCUT2D eigenvalue weighted by atomic mass is 10.0. The summed E-state index contributed by atoms with van der Waals surface area (Å²) in [6.07, 6.45) is 1.13. The normalized spacial score (nSPS) is 12.4. The summed E-state index contributed by atoms with van der Waals surface area (Å²) in [5, 5.41) is 3.18. The number of hydrogen-bond acceptors (Lipinski definition) is 2. The van der Waals surface area contributed by atoms with Crippen molar-refractivity contribution in [2.75, 3.05) is 6.54 Å². The molecular formula is C12H17FN2O. The maximum absolute atomic E-state index is 13.0. The van der Waals surface area contributed by atoms with Crippen LogP contribution in [0.4, 0.5) is 4.39 Å². The van der Waals surface area contributed by atoms with Crippen molar-refractivity contribution < 1.29 is 9.18 Å². The molecule has 0 spiro atoms. The molecule has 1 atom stereocenters. The van der Waals surface area contributed by atoms with Crippen LogP contribution in [0.2, 0.25) is 0 Å².